The highest BCUT2D eigenvalue weighted by molar-refractivity contribution is 5.70. The van der Waals surface area contributed by atoms with Gasteiger partial charge in [-0.25, -0.2) is 5.06 Å². The smallest absolute Gasteiger partial charge is 0.307 e. The van der Waals surface area contributed by atoms with Crippen molar-refractivity contribution in [3.8, 4) is 0 Å². The molecule has 0 unspecified atom stereocenters. The lowest BCUT2D eigenvalue weighted by atomic mass is 10.0. The summed E-state index contributed by atoms with van der Waals surface area (Å²) in [6.07, 6.45) is 0.529. The van der Waals surface area contributed by atoms with Gasteiger partial charge in [0.1, 0.15) is 0 Å². The van der Waals surface area contributed by atoms with E-state index in [0.717, 1.165) is 5.56 Å². The molecule has 1 rings (SSSR count). The van der Waals surface area contributed by atoms with E-state index in [0.29, 0.717) is 12.0 Å². The van der Waals surface area contributed by atoms with Crippen molar-refractivity contribution >= 4 is 12.4 Å². The number of hydroxylamine groups is 2. The van der Waals surface area contributed by atoms with Crippen LogP contribution in [0.1, 0.15) is 31.9 Å². The molecule has 0 bridgehead atoms. The van der Waals surface area contributed by atoms with E-state index in [-0.39, 0.29) is 13.0 Å². The molecule has 0 fully saturated rings. The Morgan fingerprint density at radius 3 is 2.37 bits per heavy atom. The van der Waals surface area contributed by atoms with Gasteiger partial charge < -0.3 is 5.11 Å². The highest BCUT2D eigenvalue weighted by Gasteiger charge is 2.17. The molecule has 5 heteroatoms. The van der Waals surface area contributed by atoms with Gasteiger partial charge in [-0.3, -0.25) is 14.4 Å². The van der Waals surface area contributed by atoms with Gasteiger partial charge >= 0.3 is 5.97 Å². The lowest BCUT2D eigenvalue weighted by Crippen LogP contribution is -2.33. The molecule has 0 radical (unpaired) electrons. The number of nitrogens with zero attached hydrogens (tertiary/aromatic N) is 1. The molecule has 0 saturated carbocycles. The van der Waals surface area contributed by atoms with Gasteiger partial charge in [-0.1, -0.05) is 24.3 Å². The van der Waals surface area contributed by atoms with Crippen LogP contribution in [0.15, 0.2) is 24.3 Å². The molecule has 0 aliphatic carbocycles. The van der Waals surface area contributed by atoms with Crippen molar-refractivity contribution in [3.63, 3.8) is 0 Å². The molecule has 1 N–H and O–H groups in total. The van der Waals surface area contributed by atoms with E-state index >= 15 is 0 Å². The second-order valence-electron chi connectivity index (χ2n) is 5.22. The van der Waals surface area contributed by atoms with Crippen molar-refractivity contribution in [2.24, 2.45) is 0 Å². The molecule has 19 heavy (non-hydrogen) atoms. The minimum absolute atomic E-state index is 0.0710. The molecular weight excluding hydrogens is 246 g/mol. The van der Waals surface area contributed by atoms with E-state index in [1.807, 2.05) is 20.8 Å². The number of carboxylic acids is 1. The fraction of sp³-hybridized carbons (Fsp3) is 0.429. The van der Waals surface area contributed by atoms with Crippen LogP contribution in [0, 0.1) is 0 Å². The van der Waals surface area contributed by atoms with Crippen LogP contribution in [0.3, 0.4) is 0 Å². The fourth-order valence-electron chi connectivity index (χ4n) is 1.66. The fourth-order valence-corrected chi connectivity index (χ4v) is 1.66. The SMILES string of the molecule is CC(C)(C)ON(C=O)Cc1ccccc1CC(=O)O. The minimum atomic E-state index is -0.901. The summed E-state index contributed by atoms with van der Waals surface area (Å²) in [7, 11) is 0. The van der Waals surface area contributed by atoms with Crippen LogP contribution >= 0.6 is 0 Å². The van der Waals surface area contributed by atoms with Gasteiger partial charge in [0.25, 0.3) is 0 Å². The van der Waals surface area contributed by atoms with E-state index < -0.39 is 11.6 Å². The first-order chi connectivity index (χ1) is 8.81. The van der Waals surface area contributed by atoms with Crippen LogP contribution in [0.2, 0.25) is 0 Å². The second kappa shape index (κ2) is 6.33. The van der Waals surface area contributed by atoms with Crippen LogP contribution in [-0.4, -0.2) is 28.2 Å². The Balaban J connectivity index is 2.85. The third-order valence-electron chi connectivity index (χ3n) is 2.29. The van der Waals surface area contributed by atoms with Gasteiger partial charge in [0.2, 0.25) is 6.41 Å². The van der Waals surface area contributed by atoms with Crippen molar-refractivity contribution in [2.75, 3.05) is 0 Å². The number of carbonyl (C=O) groups is 2. The van der Waals surface area contributed by atoms with E-state index in [2.05, 4.69) is 0 Å². The Morgan fingerprint density at radius 1 is 1.32 bits per heavy atom. The van der Waals surface area contributed by atoms with Gasteiger partial charge in [-0.2, -0.15) is 0 Å². The van der Waals surface area contributed by atoms with Crippen molar-refractivity contribution in [3.05, 3.63) is 35.4 Å². The number of hydrogen-bond donors (Lipinski definition) is 1. The summed E-state index contributed by atoms with van der Waals surface area (Å²) in [5, 5.41) is 10.0. The average molecular weight is 265 g/mol. The van der Waals surface area contributed by atoms with Gasteiger partial charge in [-0.15, -0.1) is 0 Å². The molecule has 0 spiro atoms. The number of rotatable bonds is 6. The van der Waals surface area contributed by atoms with E-state index in [9.17, 15) is 9.59 Å². The van der Waals surface area contributed by atoms with Gasteiger partial charge in [0, 0.05) is 0 Å². The minimum Gasteiger partial charge on any atom is -0.481 e. The summed E-state index contributed by atoms with van der Waals surface area (Å²) in [5.41, 5.74) is 0.962. The first-order valence-corrected chi connectivity index (χ1v) is 6.01. The molecule has 1 aromatic rings. The molecular formula is C14H19NO4. The monoisotopic (exact) mass is 265 g/mol. The maximum absolute atomic E-state index is 11.0. The largest absolute Gasteiger partial charge is 0.481 e. The maximum atomic E-state index is 11.0. The highest BCUT2D eigenvalue weighted by Crippen LogP contribution is 2.15. The molecule has 0 saturated heterocycles. The zero-order valence-corrected chi connectivity index (χ0v) is 11.4. The molecule has 0 aliphatic rings. The van der Waals surface area contributed by atoms with E-state index in [1.54, 1.807) is 24.3 Å². The predicted molar refractivity (Wildman–Crippen MR) is 70.2 cm³/mol. The molecule has 0 atom stereocenters. The van der Waals surface area contributed by atoms with Crippen LogP contribution < -0.4 is 0 Å². The summed E-state index contributed by atoms with van der Waals surface area (Å²) in [4.78, 5) is 27.3. The Kier molecular flexibility index (Phi) is 5.06. The lowest BCUT2D eigenvalue weighted by Gasteiger charge is -2.27. The predicted octanol–water partition coefficient (Wildman–Crippen LogP) is 2.00. The summed E-state index contributed by atoms with van der Waals surface area (Å²) >= 11 is 0. The van der Waals surface area contributed by atoms with Crippen LogP contribution in [-0.2, 0) is 27.4 Å². The second-order valence-corrected chi connectivity index (χ2v) is 5.22. The molecule has 0 aliphatic heterocycles. The number of carboxylic acid groups (broad SMARTS) is 1. The zero-order chi connectivity index (χ0) is 14.5. The van der Waals surface area contributed by atoms with Gasteiger partial charge in [-0.05, 0) is 31.9 Å². The summed E-state index contributed by atoms with van der Waals surface area (Å²) < 4.78 is 0. The zero-order valence-electron chi connectivity index (χ0n) is 11.4. The third kappa shape index (κ3) is 5.52. The van der Waals surface area contributed by atoms with E-state index in [1.165, 1.54) is 5.06 Å². The van der Waals surface area contributed by atoms with Crippen LogP contribution in [0.4, 0.5) is 0 Å². The summed E-state index contributed by atoms with van der Waals surface area (Å²) in [6.45, 7) is 5.75. The Hall–Kier alpha value is -1.88. The first kappa shape index (κ1) is 15.2. The molecule has 1 amide bonds. The van der Waals surface area contributed by atoms with E-state index in [4.69, 9.17) is 9.94 Å². The lowest BCUT2D eigenvalue weighted by molar-refractivity contribution is -0.220. The number of benzene rings is 1. The number of amides is 1. The van der Waals surface area contributed by atoms with Crippen molar-refractivity contribution < 1.29 is 19.5 Å². The Labute approximate surface area is 112 Å². The number of hydrogen-bond acceptors (Lipinski definition) is 3. The van der Waals surface area contributed by atoms with Crippen molar-refractivity contribution in [1.29, 1.82) is 0 Å². The van der Waals surface area contributed by atoms with Crippen LogP contribution in [0.25, 0.3) is 0 Å². The maximum Gasteiger partial charge on any atom is 0.307 e. The number of carbonyl (C=O) groups excluding carboxylic acids is 1. The quantitative estimate of drug-likeness (QED) is 0.631. The van der Waals surface area contributed by atoms with Crippen molar-refractivity contribution in [2.45, 2.75) is 39.3 Å². The average Bonchev–Trinajstić information content (AvgIpc) is 2.28. The molecule has 0 heterocycles. The van der Waals surface area contributed by atoms with Gasteiger partial charge in [0.05, 0.1) is 18.6 Å². The normalized spacial score (nSPS) is 11.1. The Morgan fingerprint density at radius 2 is 1.89 bits per heavy atom. The van der Waals surface area contributed by atoms with Crippen molar-refractivity contribution in [1.82, 2.24) is 5.06 Å². The molecule has 104 valence electrons. The molecule has 1 aromatic carbocycles. The first-order valence-electron chi connectivity index (χ1n) is 6.01. The highest BCUT2D eigenvalue weighted by atomic mass is 16.7. The summed E-state index contributed by atoms with van der Waals surface area (Å²) in [6, 6.07) is 7.11. The molecule has 0 aromatic heterocycles. The standard InChI is InChI=1S/C14H19NO4/c1-14(2,3)19-15(10-16)9-12-7-5-4-6-11(12)8-13(17)18/h4-7,10H,8-9H2,1-3H3,(H,17,18). The Bertz CT molecular complexity index is 451. The number of aliphatic carboxylic acids is 1. The topological polar surface area (TPSA) is 66.8 Å². The van der Waals surface area contributed by atoms with Crippen LogP contribution in [0.5, 0.6) is 0 Å². The summed E-state index contributed by atoms with van der Waals surface area (Å²) in [5.74, 6) is -0.901. The molecule has 5 nitrogen and oxygen atoms in total. The third-order valence-corrected chi connectivity index (χ3v) is 2.29. The van der Waals surface area contributed by atoms with Gasteiger partial charge in [0.15, 0.2) is 0 Å².